The predicted molar refractivity (Wildman–Crippen MR) is 150 cm³/mol. The first-order valence-corrected chi connectivity index (χ1v) is 13.2. The number of thiazole rings is 1. The predicted octanol–water partition coefficient (Wildman–Crippen LogP) is 5.03. The quantitative estimate of drug-likeness (QED) is 0.199. The normalized spacial score (nSPS) is 12.5. The number of rotatable bonds is 13. The number of nitrogens with one attached hydrogen (secondary N) is 3. The summed E-state index contributed by atoms with van der Waals surface area (Å²) in [6, 6.07) is 27.3. The first-order chi connectivity index (χ1) is 18.0. The number of carbonyl (C=O) groups is 1. The van der Waals surface area contributed by atoms with Crippen LogP contribution in [0.1, 0.15) is 18.2 Å². The molecule has 0 aliphatic rings. The van der Waals surface area contributed by atoms with Crippen LogP contribution < -0.4 is 20.7 Å². The molecule has 1 unspecified atom stereocenters. The SMILES string of the molecule is CC(Cc1ccc(NC(=O)Cc2csc(Nc3ccccc3)n2)cc1)NC[C@H](O)COc1ccccc1. The molecule has 4 aromatic rings. The highest BCUT2D eigenvalue weighted by atomic mass is 32.1. The maximum atomic E-state index is 12.5. The number of aromatic nitrogens is 1. The molecule has 4 N–H and O–H groups in total. The Labute approximate surface area is 221 Å². The first kappa shape index (κ1) is 26.3. The van der Waals surface area contributed by atoms with Gasteiger partial charge in [0.05, 0.1) is 12.1 Å². The minimum atomic E-state index is -0.594. The highest BCUT2D eigenvalue weighted by Crippen LogP contribution is 2.21. The second-order valence-corrected chi connectivity index (χ2v) is 9.71. The van der Waals surface area contributed by atoms with Crippen LogP contribution in [0.4, 0.5) is 16.5 Å². The number of nitrogens with zero attached hydrogens (tertiary/aromatic N) is 1. The van der Waals surface area contributed by atoms with Gasteiger partial charge in [-0.3, -0.25) is 4.79 Å². The fourth-order valence-electron chi connectivity index (χ4n) is 3.72. The number of ether oxygens (including phenoxy) is 1. The lowest BCUT2D eigenvalue weighted by Crippen LogP contribution is -2.37. The largest absolute Gasteiger partial charge is 0.491 e. The van der Waals surface area contributed by atoms with E-state index in [1.54, 1.807) is 0 Å². The molecule has 37 heavy (non-hydrogen) atoms. The van der Waals surface area contributed by atoms with Crippen molar-refractivity contribution in [3.05, 3.63) is 102 Å². The van der Waals surface area contributed by atoms with E-state index in [4.69, 9.17) is 4.74 Å². The molecule has 0 spiro atoms. The van der Waals surface area contributed by atoms with Crippen molar-refractivity contribution in [2.24, 2.45) is 0 Å². The Bertz CT molecular complexity index is 1230. The van der Waals surface area contributed by atoms with E-state index in [1.165, 1.54) is 11.3 Å². The summed E-state index contributed by atoms with van der Waals surface area (Å²) in [6.07, 6.45) is 0.422. The Morgan fingerprint density at radius 1 is 0.973 bits per heavy atom. The summed E-state index contributed by atoms with van der Waals surface area (Å²) < 4.78 is 5.59. The third kappa shape index (κ3) is 9.02. The van der Waals surface area contributed by atoms with Gasteiger partial charge in [-0.25, -0.2) is 4.98 Å². The summed E-state index contributed by atoms with van der Waals surface area (Å²) in [5.74, 6) is 0.643. The molecule has 0 fully saturated rings. The molecule has 0 aliphatic carbocycles. The van der Waals surface area contributed by atoms with E-state index >= 15 is 0 Å². The van der Waals surface area contributed by atoms with E-state index < -0.39 is 6.10 Å². The second-order valence-electron chi connectivity index (χ2n) is 8.85. The summed E-state index contributed by atoms with van der Waals surface area (Å²) in [4.78, 5) is 17.0. The molecule has 2 atom stereocenters. The number of amides is 1. The Hall–Kier alpha value is -3.72. The van der Waals surface area contributed by atoms with E-state index in [9.17, 15) is 9.90 Å². The van der Waals surface area contributed by atoms with E-state index in [0.717, 1.165) is 39.9 Å². The van der Waals surface area contributed by atoms with Crippen molar-refractivity contribution in [2.75, 3.05) is 23.8 Å². The molecule has 0 bridgehead atoms. The number of hydrogen-bond donors (Lipinski definition) is 4. The Kier molecular flexibility index (Phi) is 9.65. The van der Waals surface area contributed by atoms with Crippen molar-refractivity contribution in [1.82, 2.24) is 10.3 Å². The third-order valence-electron chi connectivity index (χ3n) is 5.59. The van der Waals surface area contributed by atoms with Crippen molar-refractivity contribution in [1.29, 1.82) is 0 Å². The number of aliphatic hydroxyl groups is 1. The van der Waals surface area contributed by atoms with Gasteiger partial charge in [-0.1, -0.05) is 48.5 Å². The van der Waals surface area contributed by atoms with Crippen LogP contribution in [0, 0.1) is 0 Å². The Morgan fingerprint density at radius 3 is 2.41 bits per heavy atom. The van der Waals surface area contributed by atoms with E-state index in [-0.39, 0.29) is 25.0 Å². The molecule has 4 rings (SSSR count). The van der Waals surface area contributed by atoms with Crippen LogP contribution in [0.2, 0.25) is 0 Å². The molecule has 1 amide bonds. The molecule has 192 valence electrons. The highest BCUT2D eigenvalue weighted by Gasteiger charge is 2.11. The topological polar surface area (TPSA) is 95.5 Å². The molecule has 1 heterocycles. The van der Waals surface area contributed by atoms with E-state index in [2.05, 4.69) is 27.9 Å². The standard InChI is InChI=1S/C29H32N4O3S/c1-21(30-18-26(34)19-36-27-10-6-3-7-11-27)16-22-12-14-24(15-13-22)31-28(35)17-25-20-37-29(33-25)32-23-8-4-2-5-9-23/h2-15,20-21,26,30,34H,16-19H2,1H3,(H,31,35)(H,32,33)/t21?,26-/m0/s1. The number of para-hydroxylation sites is 2. The Morgan fingerprint density at radius 2 is 1.68 bits per heavy atom. The smallest absolute Gasteiger partial charge is 0.230 e. The lowest BCUT2D eigenvalue weighted by Gasteiger charge is -2.18. The van der Waals surface area contributed by atoms with Crippen LogP contribution >= 0.6 is 11.3 Å². The van der Waals surface area contributed by atoms with Crippen LogP contribution in [-0.2, 0) is 17.6 Å². The van der Waals surface area contributed by atoms with Gasteiger partial charge >= 0.3 is 0 Å². The third-order valence-corrected chi connectivity index (χ3v) is 6.39. The Balaban J connectivity index is 1.16. The fraction of sp³-hybridized carbons (Fsp3) is 0.241. The van der Waals surface area contributed by atoms with Crippen LogP contribution in [0.15, 0.2) is 90.3 Å². The zero-order valence-corrected chi connectivity index (χ0v) is 21.6. The number of anilines is 3. The van der Waals surface area contributed by atoms with Gasteiger partial charge in [0.15, 0.2) is 5.13 Å². The van der Waals surface area contributed by atoms with E-state index in [1.807, 2.05) is 90.3 Å². The van der Waals surface area contributed by atoms with Crippen molar-refractivity contribution in [3.8, 4) is 5.75 Å². The molecule has 3 aromatic carbocycles. The number of aliphatic hydroxyl groups excluding tert-OH is 1. The van der Waals surface area contributed by atoms with E-state index in [0.29, 0.717) is 6.54 Å². The van der Waals surface area contributed by atoms with Gasteiger partial charge in [-0.2, -0.15) is 0 Å². The van der Waals surface area contributed by atoms with Gasteiger partial charge in [0.1, 0.15) is 18.5 Å². The van der Waals surface area contributed by atoms with Gasteiger partial charge in [-0.05, 0) is 55.3 Å². The maximum absolute atomic E-state index is 12.5. The monoisotopic (exact) mass is 516 g/mol. The van der Waals surface area contributed by atoms with Crippen LogP contribution in [0.3, 0.4) is 0 Å². The molecular formula is C29H32N4O3S. The highest BCUT2D eigenvalue weighted by molar-refractivity contribution is 7.13. The van der Waals surface area contributed by atoms with Gasteiger partial charge in [-0.15, -0.1) is 11.3 Å². The lowest BCUT2D eigenvalue weighted by atomic mass is 10.1. The molecule has 8 heteroatoms. The average Bonchev–Trinajstić information content (AvgIpc) is 3.34. The van der Waals surface area contributed by atoms with Crippen molar-refractivity contribution < 1.29 is 14.6 Å². The zero-order chi connectivity index (χ0) is 25.9. The second kappa shape index (κ2) is 13.5. The van der Waals surface area contributed by atoms with Crippen molar-refractivity contribution >= 4 is 33.8 Å². The summed E-state index contributed by atoms with van der Waals surface area (Å²) in [5.41, 5.74) is 3.59. The number of hydrogen-bond acceptors (Lipinski definition) is 7. The van der Waals surface area contributed by atoms with Crippen molar-refractivity contribution in [2.45, 2.75) is 31.9 Å². The van der Waals surface area contributed by atoms with Crippen LogP contribution in [0.5, 0.6) is 5.75 Å². The molecule has 0 radical (unpaired) electrons. The van der Waals surface area contributed by atoms with Crippen LogP contribution in [0.25, 0.3) is 0 Å². The van der Waals surface area contributed by atoms with Crippen LogP contribution in [-0.4, -0.2) is 41.3 Å². The number of carbonyl (C=O) groups excluding carboxylic acids is 1. The molecule has 0 saturated carbocycles. The van der Waals surface area contributed by atoms with Gasteiger partial charge in [0.25, 0.3) is 0 Å². The minimum absolute atomic E-state index is 0.106. The summed E-state index contributed by atoms with van der Waals surface area (Å²) >= 11 is 1.48. The van der Waals surface area contributed by atoms with Crippen molar-refractivity contribution in [3.63, 3.8) is 0 Å². The minimum Gasteiger partial charge on any atom is -0.491 e. The molecular weight excluding hydrogens is 484 g/mol. The fourth-order valence-corrected chi connectivity index (χ4v) is 4.45. The van der Waals surface area contributed by atoms with Gasteiger partial charge < -0.3 is 25.8 Å². The molecule has 0 aliphatic heterocycles. The average molecular weight is 517 g/mol. The molecule has 0 saturated heterocycles. The summed E-state index contributed by atoms with van der Waals surface area (Å²) in [7, 11) is 0. The maximum Gasteiger partial charge on any atom is 0.230 e. The summed E-state index contributed by atoms with van der Waals surface area (Å²) in [5, 5.41) is 22.4. The molecule has 7 nitrogen and oxygen atoms in total. The molecule has 1 aromatic heterocycles. The summed E-state index contributed by atoms with van der Waals surface area (Å²) in [6.45, 7) is 2.76. The first-order valence-electron chi connectivity index (χ1n) is 12.3. The number of benzene rings is 3. The zero-order valence-electron chi connectivity index (χ0n) is 20.8. The lowest BCUT2D eigenvalue weighted by molar-refractivity contribution is -0.115. The van der Waals surface area contributed by atoms with Gasteiger partial charge in [0.2, 0.25) is 5.91 Å². The van der Waals surface area contributed by atoms with Gasteiger partial charge in [0, 0.05) is 29.3 Å².